The van der Waals surface area contributed by atoms with E-state index in [1.807, 2.05) is 23.1 Å². The standard InChI is InChI=1S/C16H24N2O/c1-4-17-15-9-8-14(11-12(15)2)16(19)18-10-6-5-7-13(18)3/h8-9,11,13,17H,4-7,10H2,1-3H3. The summed E-state index contributed by atoms with van der Waals surface area (Å²) in [4.78, 5) is 14.6. The van der Waals surface area contributed by atoms with Gasteiger partial charge in [0.2, 0.25) is 0 Å². The Hall–Kier alpha value is -1.51. The van der Waals surface area contributed by atoms with Crippen LogP contribution in [0.3, 0.4) is 0 Å². The van der Waals surface area contributed by atoms with E-state index in [2.05, 4.69) is 26.1 Å². The number of likely N-dealkylation sites (tertiary alicyclic amines) is 1. The van der Waals surface area contributed by atoms with Crippen molar-refractivity contribution < 1.29 is 4.79 Å². The zero-order valence-electron chi connectivity index (χ0n) is 12.2. The van der Waals surface area contributed by atoms with Gasteiger partial charge in [0.1, 0.15) is 0 Å². The lowest BCUT2D eigenvalue weighted by molar-refractivity contribution is 0.0635. The van der Waals surface area contributed by atoms with E-state index in [0.29, 0.717) is 6.04 Å². The summed E-state index contributed by atoms with van der Waals surface area (Å²) < 4.78 is 0. The van der Waals surface area contributed by atoms with E-state index in [9.17, 15) is 4.79 Å². The van der Waals surface area contributed by atoms with Crippen molar-refractivity contribution in [3.8, 4) is 0 Å². The molecule has 3 heteroatoms. The number of hydrogen-bond donors (Lipinski definition) is 1. The number of nitrogens with zero attached hydrogens (tertiary/aromatic N) is 1. The number of nitrogens with one attached hydrogen (secondary N) is 1. The summed E-state index contributed by atoms with van der Waals surface area (Å²) in [5.74, 6) is 0.179. The Bertz CT molecular complexity index is 456. The maximum Gasteiger partial charge on any atom is 0.254 e. The van der Waals surface area contributed by atoms with Crippen LogP contribution in [0.15, 0.2) is 18.2 Å². The smallest absolute Gasteiger partial charge is 0.254 e. The monoisotopic (exact) mass is 260 g/mol. The minimum Gasteiger partial charge on any atom is -0.385 e. The zero-order chi connectivity index (χ0) is 13.8. The molecule has 1 aliphatic heterocycles. The second kappa shape index (κ2) is 6.09. The molecule has 1 unspecified atom stereocenters. The van der Waals surface area contributed by atoms with Crippen LogP contribution in [0.5, 0.6) is 0 Å². The SMILES string of the molecule is CCNc1ccc(C(=O)N2CCCCC2C)cc1C. The Labute approximate surface area is 116 Å². The molecule has 1 amide bonds. The summed E-state index contributed by atoms with van der Waals surface area (Å²) in [7, 11) is 0. The Morgan fingerprint density at radius 2 is 2.21 bits per heavy atom. The molecule has 3 nitrogen and oxygen atoms in total. The molecular weight excluding hydrogens is 236 g/mol. The highest BCUT2D eigenvalue weighted by atomic mass is 16.2. The van der Waals surface area contributed by atoms with Crippen molar-refractivity contribution in [1.29, 1.82) is 0 Å². The number of rotatable bonds is 3. The summed E-state index contributed by atoms with van der Waals surface area (Å²) in [6.07, 6.45) is 3.49. The van der Waals surface area contributed by atoms with Gasteiger partial charge in [0.15, 0.2) is 0 Å². The summed E-state index contributed by atoms with van der Waals surface area (Å²) in [5, 5.41) is 3.31. The molecule has 0 aliphatic carbocycles. The molecule has 1 fully saturated rings. The first kappa shape index (κ1) is 13.9. The Balaban J connectivity index is 2.17. The maximum absolute atomic E-state index is 12.5. The number of hydrogen-bond acceptors (Lipinski definition) is 2. The third-order valence-electron chi connectivity index (χ3n) is 3.90. The minimum atomic E-state index is 0.179. The van der Waals surface area contributed by atoms with Crippen LogP contribution >= 0.6 is 0 Å². The van der Waals surface area contributed by atoms with Crippen molar-refractivity contribution in [2.75, 3.05) is 18.4 Å². The van der Waals surface area contributed by atoms with Gasteiger partial charge < -0.3 is 10.2 Å². The Morgan fingerprint density at radius 3 is 2.84 bits per heavy atom. The van der Waals surface area contributed by atoms with Crippen LogP contribution in [-0.2, 0) is 0 Å². The number of piperidine rings is 1. The second-order valence-electron chi connectivity index (χ2n) is 5.40. The molecule has 0 radical (unpaired) electrons. The van der Waals surface area contributed by atoms with E-state index < -0.39 is 0 Å². The number of benzene rings is 1. The van der Waals surface area contributed by atoms with Crippen LogP contribution in [-0.4, -0.2) is 29.9 Å². The predicted molar refractivity (Wildman–Crippen MR) is 79.7 cm³/mol. The van der Waals surface area contributed by atoms with E-state index in [0.717, 1.165) is 42.7 Å². The highest BCUT2D eigenvalue weighted by Gasteiger charge is 2.24. The molecule has 19 heavy (non-hydrogen) atoms. The van der Waals surface area contributed by atoms with Crippen molar-refractivity contribution in [3.63, 3.8) is 0 Å². The minimum absolute atomic E-state index is 0.179. The molecule has 0 bridgehead atoms. The lowest BCUT2D eigenvalue weighted by Crippen LogP contribution is -2.42. The van der Waals surface area contributed by atoms with Gasteiger partial charge in [0.05, 0.1) is 0 Å². The average molecular weight is 260 g/mol. The van der Waals surface area contributed by atoms with Crippen molar-refractivity contribution in [2.24, 2.45) is 0 Å². The molecule has 0 saturated carbocycles. The summed E-state index contributed by atoms with van der Waals surface area (Å²) in [6.45, 7) is 8.07. The summed E-state index contributed by atoms with van der Waals surface area (Å²) in [5.41, 5.74) is 3.07. The molecule has 1 aromatic rings. The molecule has 1 aromatic carbocycles. The van der Waals surface area contributed by atoms with E-state index in [-0.39, 0.29) is 5.91 Å². The van der Waals surface area contributed by atoms with Gasteiger partial charge in [0.25, 0.3) is 5.91 Å². The maximum atomic E-state index is 12.5. The Morgan fingerprint density at radius 1 is 1.42 bits per heavy atom. The number of aryl methyl sites for hydroxylation is 1. The molecule has 0 aromatic heterocycles. The molecule has 1 atom stereocenters. The van der Waals surface area contributed by atoms with E-state index in [4.69, 9.17) is 0 Å². The van der Waals surface area contributed by atoms with Crippen molar-refractivity contribution in [3.05, 3.63) is 29.3 Å². The zero-order valence-corrected chi connectivity index (χ0v) is 12.2. The van der Waals surface area contributed by atoms with Gasteiger partial charge in [-0.1, -0.05) is 0 Å². The van der Waals surface area contributed by atoms with E-state index in [1.165, 1.54) is 6.42 Å². The van der Waals surface area contributed by atoms with Crippen LogP contribution in [0.4, 0.5) is 5.69 Å². The van der Waals surface area contributed by atoms with Crippen LogP contribution in [0.1, 0.15) is 49.0 Å². The van der Waals surface area contributed by atoms with Gasteiger partial charge in [-0.15, -0.1) is 0 Å². The fraction of sp³-hybridized carbons (Fsp3) is 0.562. The lowest BCUT2D eigenvalue weighted by Gasteiger charge is -2.33. The number of carbonyl (C=O) groups excluding carboxylic acids is 1. The third-order valence-corrected chi connectivity index (χ3v) is 3.90. The average Bonchev–Trinajstić information content (AvgIpc) is 2.41. The molecule has 104 valence electrons. The lowest BCUT2D eigenvalue weighted by atomic mass is 10.0. The first-order chi connectivity index (χ1) is 9.13. The van der Waals surface area contributed by atoms with Gasteiger partial charge in [0, 0.05) is 30.4 Å². The predicted octanol–water partition coefficient (Wildman–Crippen LogP) is 3.44. The number of anilines is 1. The normalized spacial score (nSPS) is 19.3. The van der Waals surface area contributed by atoms with Crippen LogP contribution in [0.2, 0.25) is 0 Å². The third kappa shape index (κ3) is 3.09. The van der Waals surface area contributed by atoms with Gasteiger partial charge in [-0.2, -0.15) is 0 Å². The fourth-order valence-electron chi connectivity index (χ4n) is 2.75. The molecule has 0 spiro atoms. The molecule has 1 heterocycles. The van der Waals surface area contributed by atoms with E-state index in [1.54, 1.807) is 0 Å². The fourth-order valence-corrected chi connectivity index (χ4v) is 2.75. The van der Waals surface area contributed by atoms with Crippen LogP contribution in [0, 0.1) is 6.92 Å². The summed E-state index contributed by atoms with van der Waals surface area (Å²) >= 11 is 0. The number of carbonyl (C=O) groups is 1. The van der Waals surface area contributed by atoms with Crippen molar-refractivity contribution >= 4 is 11.6 Å². The van der Waals surface area contributed by atoms with Crippen LogP contribution in [0.25, 0.3) is 0 Å². The second-order valence-corrected chi connectivity index (χ2v) is 5.40. The Kier molecular flexibility index (Phi) is 4.46. The molecule has 2 rings (SSSR count). The van der Waals surface area contributed by atoms with Gasteiger partial charge in [-0.05, 0) is 63.8 Å². The van der Waals surface area contributed by atoms with E-state index >= 15 is 0 Å². The topological polar surface area (TPSA) is 32.3 Å². The van der Waals surface area contributed by atoms with Crippen LogP contribution < -0.4 is 5.32 Å². The highest BCUT2D eigenvalue weighted by Crippen LogP contribution is 2.22. The van der Waals surface area contributed by atoms with Gasteiger partial charge in [-0.25, -0.2) is 0 Å². The highest BCUT2D eigenvalue weighted by molar-refractivity contribution is 5.95. The van der Waals surface area contributed by atoms with Gasteiger partial charge >= 0.3 is 0 Å². The van der Waals surface area contributed by atoms with Crippen molar-refractivity contribution in [2.45, 2.75) is 46.1 Å². The quantitative estimate of drug-likeness (QED) is 0.903. The molecule has 1 N–H and O–H groups in total. The van der Waals surface area contributed by atoms with Gasteiger partial charge in [-0.3, -0.25) is 4.79 Å². The summed E-state index contributed by atoms with van der Waals surface area (Å²) in [6, 6.07) is 6.33. The molecule has 1 saturated heterocycles. The number of amides is 1. The van der Waals surface area contributed by atoms with Crippen molar-refractivity contribution in [1.82, 2.24) is 4.90 Å². The largest absolute Gasteiger partial charge is 0.385 e. The first-order valence-corrected chi connectivity index (χ1v) is 7.29. The first-order valence-electron chi connectivity index (χ1n) is 7.29. The molecule has 1 aliphatic rings. The molecular formula is C16H24N2O.